The molecule has 0 aromatic heterocycles. The van der Waals surface area contributed by atoms with Crippen LogP contribution >= 0.6 is 23.2 Å². The van der Waals surface area contributed by atoms with Gasteiger partial charge in [-0.1, -0.05) is 55.2 Å². The van der Waals surface area contributed by atoms with Crippen molar-refractivity contribution >= 4 is 41.4 Å². The highest BCUT2D eigenvalue weighted by atomic mass is 35.5. The highest BCUT2D eigenvalue weighted by molar-refractivity contribution is 6.36. The summed E-state index contributed by atoms with van der Waals surface area (Å²) < 4.78 is 15.7. The lowest BCUT2D eigenvalue weighted by Gasteiger charge is -2.30. The van der Waals surface area contributed by atoms with Gasteiger partial charge < -0.3 is 14.2 Å². The highest BCUT2D eigenvalue weighted by Crippen LogP contribution is 2.44. The minimum Gasteiger partial charge on any atom is -0.496 e. The average Bonchev–Trinajstić information content (AvgIpc) is 2.86. The smallest absolute Gasteiger partial charge is 0.336 e. The molecule has 6 nitrogen and oxygen atoms in total. The topological polar surface area (TPSA) is 74.2 Å². The molecule has 2 aromatic carbocycles. The molecule has 186 valence electrons. The molecule has 35 heavy (non-hydrogen) atoms. The number of ether oxygens (including phenoxy) is 3. The monoisotopic (exact) mass is 517 g/mol. The number of halogens is 2. The van der Waals surface area contributed by atoms with Crippen molar-refractivity contribution < 1.29 is 23.8 Å². The van der Waals surface area contributed by atoms with Crippen LogP contribution in [0.4, 0.5) is 0 Å². The van der Waals surface area contributed by atoms with E-state index < -0.39 is 23.8 Å². The lowest BCUT2D eigenvalue weighted by atomic mass is 9.77. The Bertz CT molecular complexity index is 1150. The highest BCUT2D eigenvalue weighted by Gasteiger charge is 2.41. The molecule has 0 aliphatic carbocycles. The van der Waals surface area contributed by atoms with Crippen LogP contribution in [0.2, 0.25) is 10.0 Å². The molecule has 2 atom stereocenters. The zero-order chi connectivity index (χ0) is 25.7. The van der Waals surface area contributed by atoms with Gasteiger partial charge in [-0.15, -0.1) is 0 Å². The fraction of sp³-hybridized carbons (Fsp3) is 0.370. The van der Waals surface area contributed by atoms with Crippen molar-refractivity contribution in [1.82, 2.24) is 0 Å². The van der Waals surface area contributed by atoms with E-state index in [-0.39, 0.29) is 5.57 Å². The quantitative estimate of drug-likeness (QED) is 0.393. The second kappa shape index (κ2) is 11.7. The number of carbonyl (C=O) groups excluding carboxylic acids is 2. The van der Waals surface area contributed by atoms with Crippen LogP contribution in [-0.4, -0.2) is 39.5 Å². The first kappa shape index (κ1) is 26.8. The molecule has 0 N–H and O–H groups in total. The first-order valence-electron chi connectivity index (χ1n) is 11.3. The molecule has 1 heterocycles. The van der Waals surface area contributed by atoms with E-state index >= 15 is 0 Å². The maximum atomic E-state index is 13.1. The first-order chi connectivity index (χ1) is 16.7. The Labute approximate surface area is 215 Å². The Hall–Kier alpha value is -2.83. The van der Waals surface area contributed by atoms with E-state index in [1.54, 1.807) is 25.3 Å². The van der Waals surface area contributed by atoms with Gasteiger partial charge in [-0.05, 0) is 53.6 Å². The molecule has 0 fully saturated rings. The fourth-order valence-corrected chi connectivity index (χ4v) is 4.94. The largest absolute Gasteiger partial charge is 0.496 e. The van der Waals surface area contributed by atoms with Gasteiger partial charge in [-0.3, -0.25) is 9.79 Å². The second-order valence-corrected chi connectivity index (χ2v) is 9.33. The molecule has 0 amide bonds. The Morgan fingerprint density at radius 3 is 2.26 bits per heavy atom. The number of hydrogen-bond acceptors (Lipinski definition) is 6. The van der Waals surface area contributed by atoms with Crippen LogP contribution in [0.1, 0.15) is 48.8 Å². The van der Waals surface area contributed by atoms with Crippen molar-refractivity contribution in [2.75, 3.05) is 21.3 Å². The van der Waals surface area contributed by atoms with E-state index in [2.05, 4.69) is 24.9 Å². The number of esters is 2. The predicted molar refractivity (Wildman–Crippen MR) is 138 cm³/mol. The number of methoxy groups -OCH3 is 3. The molecule has 0 spiro atoms. The van der Waals surface area contributed by atoms with Crippen LogP contribution in [0.15, 0.2) is 52.7 Å². The third-order valence-electron chi connectivity index (χ3n) is 6.16. The summed E-state index contributed by atoms with van der Waals surface area (Å²) in [5, 5.41) is 0.664. The van der Waals surface area contributed by atoms with Crippen LogP contribution in [0.3, 0.4) is 0 Å². The van der Waals surface area contributed by atoms with Gasteiger partial charge in [0.2, 0.25) is 0 Å². The number of aryl methyl sites for hydroxylation is 1. The zero-order valence-corrected chi connectivity index (χ0v) is 21.9. The summed E-state index contributed by atoms with van der Waals surface area (Å²) in [5.74, 6) is -1.75. The maximum Gasteiger partial charge on any atom is 0.336 e. The van der Waals surface area contributed by atoms with Gasteiger partial charge >= 0.3 is 11.9 Å². The summed E-state index contributed by atoms with van der Waals surface area (Å²) in [5.41, 5.74) is 3.36. The van der Waals surface area contributed by atoms with Crippen molar-refractivity contribution in [3.05, 3.63) is 74.4 Å². The Kier molecular flexibility index (Phi) is 8.98. The Morgan fingerprint density at radius 1 is 1.00 bits per heavy atom. The molecule has 0 radical (unpaired) electrons. The van der Waals surface area contributed by atoms with Crippen LogP contribution in [0.5, 0.6) is 5.75 Å². The van der Waals surface area contributed by atoms with Gasteiger partial charge in [-0.2, -0.15) is 0 Å². The summed E-state index contributed by atoms with van der Waals surface area (Å²) in [6, 6.07) is 11.1. The second-order valence-electron chi connectivity index (χ2n) is 8.52. The number of aliphatic imine (C=N–C) groups is 1. The Balaban J connectivity index is 2.12. The predicted octanol–water partition coefficient (Wildman–Crippen LogP) is 6.14. The van der Waals surface area contributed by atoms with E-state index in [0.717, 1.165) is 11.3 Å². The number of carbonyl (C=O) groups is 2. The van der Waals surface area contributed by atoms with Crippen LogP contribution in [0, 0.1) is 5.92 Å². The van der Waals surface area contributed by atoms with Gasteiger partial charge in [-0.25, -0.2) is 4.79 Å². The first-order valence-corrected chi connectivity index (χ1v) is 12.0. The summed E-state index contributed by atoms with van der Waals surface area (Å²) in [6.07, 6.45) is 2.47. The van der Waals surface area contributed by atoms with Crippen LogP contribution < -0.4 is 4.74 Å². The normalized spacial score (nSPS) is 17.5. The van der Waals surface area contributed by atoms with Crippen molar-refractivity contribution in [3.63, 3.8) is 0 Å². The minimum absolute atomic E-state index is 0.236. The molecule has 1 aliphatic heterocycles. The van der Waals surface area contributed by atoms with Gasteiger partial charge in [0.05, 0.1) is 32.6 Å². The fourth-order valence-electron chi connectivity index (χ4n) is 4.31. The average molecular weight is 518 g/mol. The number of rotatable bonds is 8. The third kappa shape index (κ3) is 5.71. The summed E-state index contributed by atoms with van der Waals surface area (Å²) in [7, 11) is 4.20. The van der Waals surface area contributed by atoms with E-state index in [9.17, 15) is 9.59 Å². The van der Waals surface area contributed by atoms with Gasteiger partial charge in [0.25, 0.3) is 0 Å². The number of hydrogen-bond donors (Lipinski definition) is 0. The van der Waals surface area contributed by atoms with Gasteiger partial charge in [0.15, 0.2) is 0 Å². The SMILES string of the molecule is COC(=O)C1=C(CCc2cc(C(C)C)ccc2OC)N=CC(C(=O)OC)C1c1c(Cl)cccc1Cl. The summed E-state index contributed by atoms with van der Waals surface area (Å²) in [4.78, 5) is 30.3. The molecule has 2 aromatic rings. The molecule has 1 aliphatic rings. The molecule has 0 bridgehead atoms. The number of allylic oxidation sites excluding steroid dienone is 1. The number of nitrogens with zero attached hydrogens (tertiary/aromatic N) is 1. The molecular weight excluding hydrogens is 489 g/mol. The molecular formula is C27H29Cl2NO5. The minimum atomic E-state index is -0.894. The molecule has 0 saturated carbocycles. The lowest BCUT2D eigenvalue weighted by molar-refractivity contribution is -0.143. The lowest BCUT2D eigenvalue weighted by Crippen LogP contribution is -2.33. The molecule has 8 heteroatoms. The van der Waals surface area contributed by atoms with E-state index in [1.165, 1.54) is 26.0 Å². The third-order valence-corrected chi connectivity index (χ3v) is 6.82. The van der Waals surface area contributed by atoms with Crippen molar-refractivity contribution in [3.8, 4) is 5.75 Å². The summed E-state index contributed by atoms with van der Waals surface area (Å²) in [6.45, 7) is 4.25. The van der Waals surface area contributed by atoms with Gasteiger partial charge in [0, 0.05) is 22.2 Å². The molecule has 3 rings (SSSR count). The maximum absolute atomic E-state index is 13.1. The van der Waals surface area contributed by atoms with E-state index in [0.29, 0.717) is 40.1 Å². The van der Waals surface area contributed by atoms with Crippen molar-refractivity contribution in [2.45, 2.75) is 38.5 Å². The number of benzene rings is 2. The van der Waals surface area contributed by atoms with Gasteiger partial charge in [0.1, 0.15) is 11.7 Å². The Morgan fingerprint density at radius 2 is 1.69 bits per heavy atom. The molecule has 0 saturated heterocycles. The van der Waals surface area contributed by atoms with Crippen LogP contribution in [0.25, 0.3) is 0 Å². The van der Waals surface area contributed by atoms with Crippen molar-refractivity contribution in [1.29, 1.82) is 0 Å². The molecule has 2 unspecified atom stereocenters. The van der Waals surface area contributed by atoms with Crippen LogP contribution in [-0.2, 0) is 25.5 Å². The summed E-state index contributed by atoms with van der Waals surface area (Å²) >= 11 is 13.0. The zero-order valence-electron chi connectivity index (χ0n) is 20.4. The standard InChI is InChI=1S/C27H29Cl2NO5/c1-15(2)16-10-12-22(33-3)17(13-16)9-11-21-25(27(32)35-5)23(18(14-30-21)26(31)34-4)24-19(28)7-6-8-20(24)29/h6-8,10,12-15,18,23H,9,11H2,1-5H3. The van der Waals surface area contributed by atoms with E-state index in [4.69, 9.17) is 37.4 Å². The van der Waals surface area contributed by atoms with Crippen molar-refractivity contribution in [2.24, 2.45) is 10.9 Å². The van der Waals surface area contributed by atoms with E-state index in [1.807, 2.05) is 12.1 Å².